The predicted octanol–water partition coefficient (Wildman–Crippen LogP) is 3.11. The molecule has 0 bridgehead atoms. The predicted molar refractivity (Wildman–Crippen MR) is 51.1 cm³/mol. The lowest BCUT2D eigenvalue weighted by atomic mass is 10.1. The Morgan fingerprint density at radius 3 is 2.24 bits per heavy atom. The average molecular weight is 248 g/mol. The molecule has 0 atom stereocenters. The number of alkyl halides is 3. The van der Waals surface area contributed by atoms with Gasteiger partial charge < -0.3 is 5.73 Å². The minimum atomic E-state index is -4.76. The molecule has 0 radical (unpaired) electrons. The molecule has 90 valence electrons. The van der Waals surface area contributed by atoms with Crippen LogP contribution in [0.1, 0.15) is 5.69 Å². The van der Waals surface area contributed by atoms with Gasteiger partial charge in [0.2, 0.25) is 0 Å². The third-order valence-electron chi connectivity index (χ3n) is 2.18. The van der Waals surface area contributed by atoms with Crippen LogP contribution in [0.2, 0.25) is 0 Å². The van der Waals surface area contributed by atoms with Crippen LogP contribution in [0.15, 0.2) is 18.2 Å². The summed E-state index contributed by atoms with van der Waals surface area (Å²) in [6.07, 6.45) is -4.76. The normalized spacial score (nSPS) is 12.1. The Balaban J connectivity index is 2.87. The second-order valence-electron chi connectivity index (χ2n) is 3.35. The van der Waals surface area contributed by atoms with Crippen molar-refractivity contribution < 1.29 is 22.0 Å². The fourth-order valence-corrected chi connectivity index (χ4v) is 1.44. The van der Waals surface area contributed by atoms with Crippen LogP contribution in [0.3, 0.4) is 0 Å². The maximum Gasteiger partial charge on any atom is 0.433 e. The monoisotopic (exact) mass is 248 g/mol. The molecule has 0 fully saturated rings. The van der Waals surface area contributed by atoms with E-state index in [1.165, 1.54) is 0 Å². The third kappa shape index (κ3) is 1.88. The van der Waals surface area contributed by atoms with E-state index in [1.54, 1.807) is 0 Å². The number of benzene rings is 1. The summed E-state index contributed by atoms with van der Waals surface area (Å²) in [6, 6.07) is 1.96. The van der Waals surface area contributed by atoms with Crippen LogP contribution in [0.25, 0.3) is 10.9 Å². The molecule has 2 N–H and O–H groups in total. The molecule has 2 aromatic rings. The van der Waals surface area contributed by atoms with Gasteiger partial charge in [-0.25, -0.2) is 13.8 Å². The van der Waals surface area contributed by atoms with Crippen molar-refractivity contribution in [1.82, 2.24) is 4.98 Å². The van der Waals surface area contributed by atoms with Gasteiger partial charge in [0.25, 0.3) is 0 Å². The maximum atomic E-state index is 13.3. The number of nitrogens with two attached hydrogens (primary N) is 1. The summed E-state index contributed by atoms with van der Waals surface area (Å²) in [7, 11) is 0. The van der Waals surface area contributed by atoms with Crippen molar-refractivity contribution in [3.63, 3.8) is 0 Å². The van der Waals surface area contributed by atoms with Gasteiger partial charge in [-0.1, -0.05) is 0 Å². The molecular formula is C10H5F5N2. The van der Waals surface area contributed by atoms with E-state index < -0.39 is 40.1 Å². The van der Waals surface area contributed by atoms with Crippen LogP contribution in [-0.4, -0.2) is 4.98 Å². The average Bonchev–Trinajstić information content (AvgIpc) is 2.21. The first-order valence-electron chi connectivity index (χ1n) is 4.42. The molecular weight excluding hydrogens is 243 g/mol. The van der Waals surface area contributed by atoms with Gasteiger partial charge in [-0.15, -0.1) is 0 Å². The molecule has 1 aromatic heterocycles. The van der Waals surface area contributed by atoms with Crippen molar-refractivity contribution in [3.05, 3.63) is 35.5 Å². The highest BCUT2D eigenvalue weighted by molar-refractivity contribution is 5.91. The number of nitrogen functional groups attached to an aromatic ring is 1. The van der Waals surface area contributed by atoms with Crippen LogP contribution < -0.4 is 5.73 Å². The summed E-state index contributed by atoms with van der Waals surface area (Å²) in [4.78, 5) is 3.05. The van der Waals surface area contributed by atoms with Crippen LogP contribution >= 0.6 is 0 Å². The molecule has 0 aliphatic heterocycles. The lowest BCUT2D eigenvalue weighted by molar-refractivity contribution is -0.140. The Morgan fingerprint density at radius 2 is 1.65 bits per heavy atom. The summed E-state index contributed by atoms with van der Waals surface area (Å²) in [6.45, 7) is 0. The van der Waals surface area contributed by atoms with Crippen LogP contribution in [-0.2, 0) is 6.18 Å². The van der Waals surface area contributed by atoms with E-state index in [4.69, 9.17) is 5.73 Å². The molecule has 7 heteroatoms. The van der Waals surface area contributed by atoms with Crippen LogP contribution in [0.4, 0.5) is 27.6 Å². The maximum absolute atomic E-state index is 13.3. The molecule has 2 nitrogen and oxygen atoms in total. The van der Waals surface area contributed by atoms with E-state index in [9.17, 15) is 22.0 Å². The number of aromatic nitrogens is 1. The number of hydrogen-bond acceptors (Lipinski definition) is 2. The van der Waals surface area contributed by atoms with Gasteiger partial charge in [0.15, 0.2) is 0 Å². The van der Waals surface area contributed by atoms with Crippen molar-refractivity contribution in [2.24, 2.45) is 0 Å². The summed E-state index contributed by atoms with van der Waals surface area (Å²) >= 11 is 0. The van der Waals surface area contributed by atoms with Crippen LogP contribution in [0.5, 0.6) is 0 Å². The molecule has 0 spiro atoms. The van der Waals surface area contributed by atoms with Gasteiger partial charge in [-0.05, 0) is 18.2 Å². The van der Waals surface area contributed by atoms with Crippen molar-refractivity contribution in [2.45, 2.75) is 6.18 Å². The number of anilines is 1. The van der Waals surface area contributed by atoms with Gasteiger partial charge in [0, 0.05) is 5.69 Å². The Hall–Kier alpha value is -1.92. The van der Waals surface area contributed by atoms with E-state index in [-0.39, 0.29) is 0 Å². The molecule has 17 heavy (non-hydrogen) atoms. The molecule has 0 aliphatic carbocycles. The Morgan fingerprint density at radius 1 is 1.06 bits per heavy atom. The van der Waals surface area contributed by atoms with Gasteiger partial charge in [0.1, 0.15) is 22.8 Å². The SMILES string of the molecule is Nc1cc(C(F)(F)F)nc2c(F)ccc(F)c12. The first-order valence-corrected chi connectivity index (χ1v) is 4.42. The van der Waals surface area contributed by atoms with Gasteiger partial charge in [-0.3, -0.25) is 0 Å². The summed E-state index contributed by atoms with van der Waals surface area (Å²) in [5.74, 6) is -1.97. The lowest BCUT2D eigenvalue weighted by Gasteiger charge is -2.10. The Kier molecular flexibility index (Phi) is 2.41. The van der Waals surface area contributed by atoms with Gasteiger partial charge in [-0.2, -0.15) is 13.2 Å². The number of pyridine rings is 1. The minimum absolute atomic E-state index is 0.446. The topological polar surface area (TPSA) is 38.9 Å². The lowest BCUT2D eigenvalue weighted by Crippen LogP contribution is -2.10. The zero-order valence-corrected chi connectivity index (χ0v) is 8.15. The zero-order chi connectivity index (χ0) is 12.8. The van der Waals surface area contributed by atoms with Gasteiger partial charge in [0.05, 0.1) is 5.39 Å². The summed E-state index contributed by atoms with van der Waals surface area (Å²) < 4.78 is 63.7. The number of halogens is 5. The molecule has 1 aromatic carbocycles. The first kappa shape index (κ1) is 11.6. The second kappa shape index (κ2) is 3.54. The van der Waals surface area contributed by atoms with Gasteiger partial charge >= 0.3 is 6.18 Å². The molecule has 1 heterocycles. The Bertz CT molecular complexity index is 591. The highest BCUT2D eigenvalue weighted by Crippen LogP contribution is 2.33. The molecule has 0 amide bonds. The van der Waals surface area contributed by atoms with Crippen LogP contribution in [0, 0.1) is 11.6 Å². The smallest absolute Gasteiger partial charge is 0.398 e. The molecule has 0 saturated heterocycles. The van der Waals surface area contributed by atoms with E-state index >= 15 is 0 Å². The van der Waals surface area contributed by atoms with Crippen molar-refractivity contribution >= 4 is 16.6 Å². The zero-order valence-electron chi connectivity index (χ0n) is 8.15. The molecule has 2 rings (SSSR count). The highest BCUT2D eigenvalue weighted by Gasteiger charge is 2.33. The number of rotatable bonds is 0. The fraction of sp³-hybridized carbons (Fsp3) is 0.100. The molecule has 0 saturated carbocycles. The quantitative estimate of drug-likeness (QED) is 0.727. The second-order valence-corrected chi connectivity index (χ2v) is 3.35. The van der Waals surface area contributed by atoms with E-state index in [0.29, 0.717) is 12.1 Å². The van der Waals surface area contributed by atoms with Crippen molar-refractivity contribution in [3.8, 4) is 0 Å². The van der Waals surface area contributed by atoms with E-state index in [0.717, 1.165) is 6.07 Å². The molecule has 0 unspecified atom stereocenters. The fourth-order valence-electron chi connectivity index (χ4n) is 1.44. The van der Waals surface area contributed by atoms with E-state index in [2.05, 4.69) is 4.98 Å². The summed E-state index contributed by atoms with van der Waals surface area (Å²) in [5.41, 5.74) is 2.70. The third-order valence-corrected chi connectivity index (χ3v) is 2.18. The first-order chi connectivity index (χ1) is 7.80. The highest BCUT2D eigenvalue weighted by atomic mass is 19.4. The summed E-state index contributed by atoms with van der Waals surface area (Å²) in [5, 5.41) is -0.446. The standard InChI is InChI=1S/C10H5F5N2/c11-4-1-2-5(12)9-8(4)6(16)3-7(17-9)10(13,14)15/h1-3H,(H2,16,17). The number of fused-ring (bicyclic) bond motifs is 1. The van der Waals surface area contributed by atoms with E-state index in [1.807, 2.05) is 0 Å². The molecule has 0 aliphatic rings. The Labute approximate surface area is 91.9 Å². The minimum Gasteiger partial charge on any atom is -0.398 e. The van der Waals surface area contributed by atoms with Crippen molar-refractivity contribution in [1.29, 1.82) is 0 Å². The number of nitrogens with zero attached hydrogens (tertiary/aromatic N) is 1. The largest absolute Gasteiger partial charge is 0.433 e. The number of hydrogen-bond donors (Lipinski definition) is 1. The van der Waals surface area contributed by atoms with Crippen molar-refractivity contribution in [2.75, 3.05) is 5.73 Å².